The molecule has 134 valence electrons. The van der Waals surface area contributed by atoms with Gasteiger partial charge in [-0.1, -0.05) is 35.0 Å². The first-order valence-corrected chi connectivity index (χ1v) is 9.02. The van der Waals surface area contributed by atoms with Crippen molar-refractivity contribution in [2.75, 3.05) is 5.32 Å². The minimum absolute atomic E-state index is 0.0265. The molecule has 1 aliphatic heterocycles. The molecule has 10 heteroatoms. The Hall–Kier alpha value is -2.29. The third kappa shape index (κ3) is 4.87. The van der Waals surface area contributed by atoms with Crippen LogP contribution in [0.1, 0.15) is 12.2 Å². The molecule has 3 rings (SSSR count). The number of thioether (sulfide) groups is 1. The highest BCUT2D eigenvalue weighted by atomic mass is 35.5. The lowest BCUT2D eigenvalue weighted by molar-refractivity contribution is -0.123. The number of hydrogen-bond donors (Lipinski definition) is 2. The van der Waals surface area contributed by atoms with E-state index in [1.165, 1.54) is 18.5 Å². The van der Waals surface area contributed by atoms with Gasteiger partial charge in [-0.05, 0) is 30.3 Å². The van der Waals surface area contributed by atoms with Gasteiger partial charge in [-0.3, -0.25) is 9.59 Å². The number of carbonyl (C=O) groups excluding carboxylic acids is 2. The van der Waals surface area contributed by atoms with E-state index < -0.39 is 5.25 Å². The third-order valence-electron chi connectivity index (χ3n) is 3.23. The topological polar surface area (TPSA) is 96.1 Å². The van der Waals surface area contributed by atoms with Crippen molar-refractivity contribution in [3.05, 3.63) is 52.4 Å². The predicted molar refractivity (Wildman–Crippen MR) is 103 cm³/mol. The van der Waals surface area contributed by atoms with E-state index in [1.54, 1.807) is 24.3 Å². The molecule has 1 aromatic heterocycles. The molecule has 0 bridgehead atoms. The molecule has 0 saturated carbocycles. The van der Waals surface area contributed by atoms with Gasteiger partial charge in [0, 0.05) is 12.1 Å². The van der Waals surface area contributed by atoms with Crippen molar-refractivity contribution >= 4 is 63.8 Å². The van der Waals surface area contributed by atoms with Gasteiger partial charge in [0.15, 0.2) is 5.17 Å². The van der Waals surface area contributed by atoms with Crippen molar-refractivity contribution in [3.63, 3.8) is 0 Å². The van der Waals surface area contributed by atoms with Crippen LogP contribution in [0, 0.1) is 0 Å². The van der Waals surface area contributed by atoms with E-state index in [4.69, 9.17) is 27.6 Å². The number of furan rings is 1. The first-order chi connectivity index (χ1) is 12.5. The molecular formula is C16H12Cl2N4O3S. The Morgan fingerprint density at radius 2 is 2.19 bits per heavy atom. The summed E-state index contributed by atoms with van der Waals surface area (Å²) >= 11 is 12.9. The van der Waals surface area contributed by atoms with Gasteiger partial charge < -0.3 is 15.1 Å². The minimum atomic E-state index is -0.643. The van der Waals surface area contributed by atoms with Gasteiger partial charge in [-0.25, -0.2) is 0 Å². The van der Waals surface area contributed by atoms with Crippen molar-refractivity contribution in [1.29, 1.82) is 0 Å². The number of carbonyl (C=O) groups is 2. The molecule has 7 nitrogen and oxygen atoms in total. The zero-order chi connectivity index (χ0) is 18.5. The fourth-order valence-electron chi connectivity index (χ4n) is 2.04. The van der Waals surface area contributed by atoms with Gasteiger partial charge in [-0.2, -0.15) is 5.10 Å². The monoisotopic (exact) mass is 410 g/mol. The lowest BCUT2D eigenvalue weighted by Gasteiger charge is -2.21. The standard InChI is InChI=1S/C16H12Cl2N4O3S/c17-11-4-3-9(6-12(11)18)20-15(24)13-7-14(23)21-16(26-13)22-19-8-10-2-1-5-25-10/h1-6,8,13H,7H2,(H,20,24)(H,21,22,23)/b19-8-/t13-/m1/s1. The summed E-state index contributed by atoms with van der Waals surface area (Å²) in [4.78, 5) is 24.3. The largest absolute Gasteiger partial charge is 0.463 e. The second-order valence-corrected chi connectivity index (χ2v) is 7.15. The molecular weight excluding hydrogens is 399 g/mol. The van der Waals surface area contributed by atoms with Crippen molar-refractivity contribution in [1.82, 2.24) is 5.32 Å². The Morgan fingerprint density at radius 3 is 2.92 bits per heavy atom. The first kappa shape index (κ1) is 18.5. The Bertz CT molecular complexity index is 884. The van der Waals surface area contributed by atoms with Crippen molar-refractivity contribution in [2.45, 2.75) is 11.7 Å². The van der Waals surface area contributed by atoms with Crippen molar-refractivity contribution in [2.24, 2.45) is 10.2 Å². The fraction of sp³-hybridized carbons (Fsp3) is 0.125. The number of hydrogen-bond acceptors (Lipinski definition) is 6. The number of amidine groups is 1. The number of halogens is 2. The Kier molecular flexibility index (Phi) is 5.97. The number of nitrogens with one attached hydrogen (secondary N) is 2. The molecule has 1 aromatic carbocycles. The molecule has 1 fully saturated rings. The molecule has 2 N–H and O–H groups in total. The van der Waals surface area contributed by atoms with Crippen LogP contribution in [0.5, 0.6) is 0 Å². The highest BCUT2D eigenvalue weighted by Gasteiger charge is 2.30. The van der Waals surface area contributed by atoms with Crippen LogP contribution in [-0.2, 0) is 9.59 Å². The molecule has 0 aliphatic carbocycles. The molecule has 2 heterocycles. The summed E-state index contributed by atoms with van der Waals surface area (Å²) in [5.74, 6) is -0.133. The highest BCUT2D eigenvalue weighted by Crippen LogP contribution is 2.27. The van der Waals surface area contributed by atoms with Gasteiger partial charge in [0.25, 0.3) is 0 Å². The molecule has 1 saturated heterocycles. The van der Waals surface area contributed by atoms with Crippen LogP contribution in [-0.4, -0.2) is 28.4 Å². The second kappa shape index (κ2) is 8.39. The van der Waals surface area contributed by atoms with Gasteiger partial charge in [0.05, 0.1) is 22.5 Å². The second-order valence-electron chi connectivity index (χ2n) is 5.14. The van der Waals surface area contributed by atoms with Gasteiger partial charge in [-0.15, -0.1) is 5.10 Å². The smallest absolute Gasteiger partial charge is 0.238 e. The van der Waals surface area contributed by atoms with E-state index in [9.17, 15) is 9.59 Å². The number of nitrogens with zero attached hydrogens (tertiary/aromatic N) is 2. The van der Waals surface area contributed by atoms with E-state index in [-0.39, 0.29) is 23.4 Å². The van der Waals surface area contributed by atoms with E-state index in [2.05, 4.69) is 20.8 Å². The summed E-state index contributed by atoms with van der Waals surface area (Å²) < 4.78 is 5.09. The normalized spacial score (nSPS) is 18.9. The number of amides is 2. The molecule has 2 amide bonds. The van der Waals surface area contributed by atoms with Crippen LogP contribution in [0.25, 0.3) is 0 Å². The maximum absolute atomic E-state index is 12.4. The van der Waals surface area contributed by atoms with Crippen LogP contribution in [0.2, 0.25) is 10.0 Å². The lowest BCUT2D eigenvalue weighted by Crippen LogP contribution is -2.41. The van der Waals surface area contributed by atoms with Gasteiger partial charge in [0.1, 0.15) is 11.0 Å². The average Bonchev–Trinajstić information content (AvgIpc) is 3.11. The minimum Gasteiger partial charge on any atom is -0.463 e. The summed E-state index contributed by atoms with van der Waals surface area (Å²) in [6.07, 6.45) is 2.94. The van der Waals surface area contributed by atoms with E-state index in [0.717, 1.165) is 11.8 Å². The van der Waals surface area contributed by atoms with E-state index in [0.29, 0.717) is 21.5 Å². The summed E-state index contributed by atoms with van der Waals surface area (Å²) in [5.41, 5.74) is 0.491. The van der Waals surface area contributed by atoms with Crippen molar-refractivity contribution < 1.29 is 14.0 Å². The van der Waals surface area contributed by atoms with E-state index >= 15 is 0 Å². The predicted octanol–water partition coefficient (Wildman–Crippen LogP) is 3.54. The molecule has 0 unspecified atom stereocenters. The quantitative estimate of drug-likeness (QED) is 0.594. The summed E-state index contributed by atoms with van der Waals surface area (Å²) in [6.45, 7) is 0. The van der Waals surface area contributed by atoms with Gasteiger partial charge >= 0.3 is 0 Å². The number of benzene rings is 1. The van der Waals surface area contributed by atoms with Crippen molar-refractivity contribution in [3.8, 4) is 0 Å². The molecule has 0 spiro atoms. The van der Waals surface area contributed by atoms with Crippen LogP contribution in [0.4, 0.5) is 5.69 Å². The first-order valence-electron chi connectivity index (χ1n) is 7.38. The zero-order valence-corrected chi connectivity index (χ0v) is 15.4. The van der Waals surface area contributed by atoms with E-state index in [1.807, 2.05) is 0 Å². The summed E-state index contributed by atoms with van der Waals surface area (Å²) in [5, 5.41) is 13.3. The molecule has 1 atom stereocenters. The molecule has 0 radical (unpaired) electrons. The number of anilines is 1. The van der Waals surface area contributed by atoms with Gasteiger partial charge in [0.2, 0.25) is 11.8 Å². The molecule has 26 heavy (non-hydrogen) atoms. The van der Waals surface area contributed by atoms with Crippen LogP contribution < -0.4 is 10.6 Å². The summed E-state index contributed by atoms with van der Waals surface area (Å²) in [7, 11) is 0. The fourth-order valence-corrected chi connectivity index (χ4v) is 3.27. The Balaban J connectivity index is 1.66. The maximum atomic E-state index is 12.4. The molecule has 1 aliphatic rings. The SMILES string of the molecule is O=C1C[C@H](C(=O)Nc2ccc(Cl)c(Cl)c2)SC(=N/N=C\c2ccco2)N1. The van der Waals surface area contributed by atoms with Crippen LogP contribution >= 0.6 is 35.0 Å². The lowest BCUT2D eigenvalue weighted by atomic mass is 10.2. The Labute approximate surface area is 162 Å². The maximum Gasteiger partial charge on any atom is 0.238 e. The third-order valence-corrected chi connectivity index (χ3v) is 5.04. The average molecular weight is 411 g/mol. The summed E-state index contributed by atoms with van der Waals surface area (Å²) in [6, 6.07) is 8.18. The van der Waals surface area contributed by atoms with Crippen LogP contribution in [0.15, 0.2) is 51.2 Å². The van der Waals surface area contributed by atoms with Crippen LogP contribution in [0.3, 0.4) is 0 Å². The highest BCUT2D eigenvalue weighted by molar-refractivity contribution is 8.15. The molecule has 2 aromatic rings. The Morgan fingerprint density at radius 1 is 1.35 bits per heavy atom. The zero-order valence-electron chi connectivity index (χ0n) is 13.1. The number of rotatable bonds is 4.